The van der Waals surface area contributed by atoms with Gasteiger partial charge in [-0.1, -0.05) is 6.07 Å². The standard InChI is InChI=1S/C26H36N2O3/c1-3-30-23-11-9-22(10-12-23)28-17-19-14-21(18-27-16-19)20-8-13-25(29-2)26(15-20)31-24-6-4-5-7-24/h8-13,15,19,21,24,27-28H,3-7,14,16-18H2,1-2H3/t19-,21+/m0/s1. The Bertz CT molecular complexity index is 818. The molecule has 2 atom stereocenters. The lowest BCUT2D eigenvalue weighted by atomic mass is 9.85. The lowest BCUT2D eigenvalue weighted by Crippen LogP contribution is -2.38. The maximum Gasteiger partial charge on any atom is 0.161 e. The molecule has 2 aromatic carbocycles. The van der Waals surface area contributed by atoms with Crippen LogP contribution >= 0.6 is 0 Å². The first kappa shape index (κ1) is 21.8. The van der Waals surface area contributed by atoms with Crippen molar-refractivity contribution in [1.29, 1.82) is 0 Å². The van der Waals surface area contributed by atoms with E-state index in [1.165, 1.54) is 18.4 Å². The van der Waals surface area contributed by atoms with Crippen LogP contribution in [0, 0.1) is 5.92 Å². The molecule has 1 saturated carbocycles. The van der Waals surface area contributed by atoms with E-state index in [1.807, 2.05) is 19.1 Å². The zero-order valence-electron chi connectivity index (χ0n) is 18.9. The van der Waals surface area contributed by atoms with E-state index in [-0.39, 0.29) is 0 Å². The summed E-state index contributed by atoms with van der Waals surface area (Å²) in [6.07, 6.45) is 6.33. The second-order valence-corrected chi connectivity index (χ2v) is 8.73. The fourth-order valence-electron chi connectivity index (χ4n) is 4.76. The number of anilines is 1. The van der Waals surface area contributed by atoms with Crippen LogP contribution in [-0.4, -0.2) is 39.5 Å². The highest BCUT2D eigenvalue weighted by atomic mass is 16.5. The lowest BCUT2D eigenvalue weighted by Gasteiger charge is -2.31. The zero-order valence-corrected chi connectivity index (χ0v) is 18.9. The van der Waals surface area contributed by atoms with Crippen LogP contribution in [0.5, 0.6) is 17.2 Å². The number of rotatable bonds is 9. The van der Waals surface area contributed by atoms with Crippen LogP contribution in [0.2, 0.25) is 0 Å². The maximum atomic E-state index is 6.32. The number of nitrogens with one attached hydrogen (secondary N) is 2. The summed E-state index contributed by atoms with van der Waals surface area (Å²) < 4.78 is 17.4. The normalized spacial score (nSPS) is 21.6. The molecule has 1 saturated heterocycles. The molecule has 5 heteroatoms. The third kappa shape index (κ3) is 5.85. The second kappa shape index (κ2) is 10.8. The molecule has 1 heterocycles. The minimum absolute atomic E-state index is 0.333. The van der Waals surface area contributed by atoms with Gasteiger partial charge in [0.05, 0.1) is 19.8 Å². The summed E-state index contributed by atoms with van der Waals surface area (Å²) in [7, 11) is 1.72. The number of benzene rings is 2. The fourth-order valence-corrected chi connectivity index (χ4v) is 4.76. The smallest absolute Gasteiger partial charge is 0.161 e. The predicted octanol–water partition coefficient (Wildman–Crippen LogP) is 5.22. The maximum absolute atomic E-state index is 6.32. The minimum atomic E-state index is 0.333. The van der Waals surface area contributed by atoms with Crippen LogP contribution in [0.15, 0.2) is 42.5 Å². The zero-order chi connectivity index (χ0) is 21.5. The summed E-state index contributed by atoms with van der Waals surface area (Å²) >= 11 is 0. The van der Waals surface area contributed by atoms with E-state index in [9.17, 15) is 0 Å². The van der Waals surface area contributed by atoms with Gasteiger partial charge in [0.15, 0.2) is 11.5 Å². The van der Waals surface area contributed by atoms with Gasteiger partial charge in [-0.05, 0) is 99.4 Å². The van der Waals surface area contributed by atoms with E-state index in [4.69, 9.17) is 14.2 Å². The minimum Gasteiger partial charge on any atom is -0.494 e. The molecule has 2 fully saturated rings. The fraction of sp³-hybridized carbons (Fsp3) is 0.538. The van der Waals surface area contributed by atoms with E-state index >= 15 is 0 Å². The topological polar surface area (TPSA) is 51.8 Å². The molecule has 5 nitrogen and oxygen atoms in total. The summed E-state index contributed by atoms with van der Waals surface area (Å²) in [6, 6.07) is 14.7. The van der Waals surface area contributed by atoms with Crippen molar-refractivity contribution in [3.05, 3.63) is 48.0 Å². The average molecular weight is 425 g/mol. The molecule has 2 aliphatic rings. The molecule has 168 valence electrons. The van der Waals surface area contributed by atoms with Crippen LogP contribution in [0.4, 0.5) is 5.69 Å². The van der Waals surface area contributed by atoms with Crippen LogP contribution in [0.1, 0.15) is 50.5 Å². The number of hydrogen-bond acceptors (Lipinski definition) is 5. The van der Waals surface area contributed by atoms with Gasteiger partial charge in [0.2, 0.25) is 0 Å². The van der Waals surface area contributed by atoms with E-state index in [2.05, 4.69) is 41.0 Å². The summed E-state index contributed by atoms with van der Waals surface area (Å²) in [4.78, 5) is 0. The molecule has 2 N–H and O–H groups in total. The van der Waals surface area contributed by atoms with Crippen molar-refractivity contribution in [3.63, 3.8) is 0 Å². The van der Waals surface area contributed by atoms with Crippen molar-refractivity contribution >= 4 is 5.69 Å². The number of hydrogen-bond donors (Lipinski definition) is 2. The van der Waals surface area contributed by atoms with Crippen molar-refractivity contribution in [2.45, 2.75) is 51.0 Å². The predicted molar refractivity (Wildman–Crippen MR) is 126 cm³/mol. The van der Waals surface area contributed by atoms with Gasteiger partial charge in [-0.2, -0.15) is 0 Å². The van der Waals surface area contributed by atoms with Crippen LogP contribution in [0.3, 0.4) is 0 Å². The molecule has 0 spiro atoms. The van der Waals surface area contributed by atoms with E-state index in [0.717, 1.165) is 61.8 Å². The number of ether oxygens (including phenoxy) is 3. The largest absolute Gasteiger partial charge is 0.494 e. The Kier molecular flexibility index (Phi) is 7.57. The van der Waals surface area contributed by atoms with Crippen LogP contribution < -0.4 is 24.8 Å². The Morgan fingerprint density at radius 2 is 1.81 bits per heavy atom. The van der Waals surface area contributed by atoms with Gasteiger partial charge < -0.3 is 24.8 Å². The molecule has 1 aliphatic heterocycles. The van der Waals surface area contributed by atoms with Gasteiger partial charge in [-0.15, -0.1) is 0 Å². The molecular formula is C26H36N2O3. The highest BCUT2D eigenvalue weighted by Crippen LogP contribution is 2.36. The lowest BCUT2D eigenvalue weighted by molar-refractivity contribution is 0.200. The molecule has 4 rings (SSSR count). The van der Waals surface area contributed by atoms with Gasteiger partial charge >= 0.3 is 0 Å². The Balaban J connectivity index is 1.36. The molecule has 2 aromatic rings. The van der Waals surface area contributed by atoms with E-state index < -0.39 is 0 Å². The van der Waals surface area contributed by atoms with Gasteiger partial charge in [0.1, 0.15) is 5.75 Å². The van der Waals surface area contributed by atoms with Crippen molar-refractivity contribution < 1.29 is 14.2 Å². The number of methoxy groups -OCH3 is 1. The molecule has 1 aliphatic carbocycles. The highest BCUT2D eigenvalue weighted by Gasteiger charge is 2.25. The first-order valence-corrected chi connectivity index (χ1v) is 11.8. The molecule has 0 unspecified atom stereocenters. The third-order valence-electron chi connectivity index (χ3n) is 6.46. The SMILES string of the molecule is CCOc1ccc(NC[C@@H]2CNC[C@H](c3ccc(OC)c(OC4CCCC4)c3)C2)cc1. The Labute approximate surface area is 186 Å². The molecular weight excluding hydrogens is 388 g/mol. The highest BCUT2D eigenvalue weighted by molar-refractivity contribution is 5.47. The van der Waals surface area contributed by atoms with Crippen molar-refractivity contribution in [1.82, 2.24) is 5.32 Å². The summed E-state index contributed by atoms with van der Waals surface area (Å²) in [5.74, 6) is 3.72. The molecule has 0 radical (unpaired) electrons. The molecule has 31 heavy (non-hydrogen) atoms. The monoisotopic (exact) mass is 424 g/mol. The van der Waals surface area contributed by atoms with E-state index in [1.54, 1.807) is 7.11 Å². The van der Waals surface area contributed by atoms with Crippen molar-refractivity contribution in [3.8, 4) is 17.2 Å². The molecule has 0 bridgehead atoms. The van der Waals surface area contributed by atoms with Gasteiger partial charge in [-0.25, -0.2) is 0 Å². The Hall–Kier alpha value is -2.40. The number of piperidine rings is 1. The van der Waals surface area contributed by atoms with Crippen molar-refractivity contribution in [2.75, 3.05) is 38.7 Å². The quantitative estimate of drug-likeness (QED) is 0.578. The van der Waals surface area contributed by atoms with Crippen LogP contribution in [-0.2, 0) is 0 Å². The second-order valence-electron chi connectivity index (χ2n) is 8.73. The Morgan fingerprint density at radius 3 is 2.55 bits per heavy atom. The van der Waals surface area contributed by atoms with Crippen molar-refractivity contribution in [2.24, 2.45) is 5.92 Å². The third-order valence-corrected chi connectivity index (χ3v) is 6.46. The first-order chi connectivity index (χ1) is 15.2. The molecule has 0 amide bonds. The Morgan fingerprint density at radius 1 is 1.00 bits per heavy atom. The van der Waals surface area contributed by atoms with E-state index in [0.29, 0.717) is 24.5 Å². The summed E-state index contributed by atoms with van der Waals surface area (Å²) in [6.45, 7) is 5.71. The van der Waals surface area contributed by atoms with Gasteiger partial charge in [-0.3, -0.25) is 0 Å². The van der Waals surface area contributed by atoms with Crippen LogP contribution in [0.25, 0.3) is 0 Å². The summed E-state index contributed by atoms with van der Waals surface area (Å²) in [5.41, 5.74) is 2.48. The van der Waals surface area contributed by atoms with Gasteiger partial charge in [0, 0.05) is 18.8 Å². The summed E-state index contributed by atoms with van der Waals surface area (Å²) in [5, 5.41) is 7.23. The first-order valence-electron chi connectivity index (χ1n) is 11.8. The average Bonchev–Trinajstić information content (AvgIpc) is 3.32. The molecule has 0 aromatic heterocycles. The van der Waals surface area contributed by atoms with Gasteiger partial charge in [0.25, 0.3) is 0 Å².